The molecule has 1 aromatic heterocycles. The molecule has 1 saturated heterocycles. The zero-order chi connectivity index (χ0) is 13.1. The fraction of sp³-hybridized carbons (Fsp3) is 0.714. The topological polar surface area (TPSA) is 62.6 Å². The van der Waals surface area contributed by atoms with Crippen LogP contribution in [0.15, 0.2) is 16.5 Å². The molecule has 4 heteroatoms. The number of likely N-dealkylation sites (tertiary alicyclic amines) is 1. The van der Waals surface area contributed by atoms with E-state index >= 15 is 0 Å². The predicted octanol–water partition coefficient (Wildman–Crippen LogP) is 1.82. The minimum Gasteiger partial charge on any atom is -0.465 e. The van der Waals surface area contributed by atoms with E-state index in [9.17, 15) is 5.11 Å². The molecule has 0 saturated carbocycles. The van der Waals surface area contributed by atoms with Gasteiger partial charge in [-0.05, 0) is 44.9 Å². The van der Waals surface area contributed by atoms with Crippen LogP contribution in [0.4, 0.5) is 0 Å². The molecular formula is C14H24N2O2. The molecule has 0 amide bonds. The third-order valence-corrected chi connectivity index (χ3v) is 3.92. The number of nitrogens with zero attached hydrogens (tertiary/aromatic N) is 1. The van der Waals surface area contributed by atoms with Gasteiger partial charge in [-0.25, -0.2) is 0 Å². The zero-order valence-corrected chi connectivity index (χ0v) is 11.3. The van der Waals surface area contributed by atoms with Gasteiger partial charge in [0.2, 0.25) is 0 Å². The van der Waals surface area contributed by atoms with Crippen LogP contribution < -0.4 is 5.73 Å². The average molecular weight is 252 g/mol. The van der Waals surface area contributed by atoms with Gasteiger partial charge in [0, 0.05) is 12.1 Å². The molecule has 1 aliphatic rings. The number of rotatable bonds is 5. The normalized spacial score (nSPS) is 24.3. The summed E-state index contributed by atoms with van der Waals surface area (Å²) in [5.74, 6) is 1.85. The summed E-state index contributed by atoms with van der Waals surface area (Å²) in [5, 5.41) is 9.48. The van der Waals surface area contributed by atoms with Crippen LogP contribution in [0.5, 0.6) is 0 Å². The largest absolute Gasteiger partial charge is 0.465 e. The fourth-order valence-corrected chi connectivity index (χ4v) is 2.88. The van der Waals surface area contributed by atoms with Crippen molar-refractivity contribution in [2.45, 2.75) is 51.2 Å². The van der Waals surface area contributed by atoms with Gasteiger partial charge in [0.05, 0.1) is 12.6 Å². The highest BCUT2D eigenvalue weighted by Gasteiger charge is 2.35. The third-order valence-electron chi connectivity index (χ3n) is 3.92. The molecule has 2 heterocycles. The van der Waals surface area contributed by atoms with E-state index in [0.717, 1.165) is 37.3 Å². The summed E-state index contributed by atoms with van der Waals surface area (Å²) in [5.41, 5.74) is 6.27. The molecular weight excluding hydrogens is 228 g/mol. The lowest BCUT2D eigenvalue weighted by atomic mass is 10.0. The Morgan fingerprint density at radius 3 is 2.89 bits per heavy atom. The lowest BCUT2D eigenvalue weighted by Crippen LogP contribution is -2.44. The molecule has 0 bridgehead atoms. The van der Waals surface area contributed by atoms with Crippen molar-refractivity contribution in [1.29, 1.82) is 0 Å². The van der Waals surface area contributed by atoms with Crippen LogP contribution in [0.25, 0.3) is 0 Å². The van der Waals surface area contributed by atoms with E-state index in [1.165, 1.54) is 0 Å². The van der Waals surface area contributed by atoms with E-state index in [2.05, 4.69) is 11.8 Å². The van der Waals surface area contributed by atoms with Crippen molar-refractivity contribution in [3.8, 4) is 0 Å². The van der Waals surface area contributed by atoms with Crippen molar-refractivity contribution in [2.24, 2.45) is 5.73 Å². The Morgan fingerprint density at radius 1 is 1.56 bits per heavy atom. The van der Waals surface area contributed by atoms with Crippen LogP contribution in [-0.4, -0.2) is 35.2 Å². The van der Waals surface area contributed by atoms with E-state index in [0.29, 0.717) is 0 Å². The van der Waals surface area contributed by atoms with Gasteiger partial charge >= 0.3 is 0 Å². The molecule has 3 atom stereocenters. The average Bonchev–Trinajstić information content (AvgIpc) is 2.99. The molecule has 0 aromatic carbocycles. The number of nitrogens with two attached hydrogens (primary N) is 1. The van der Waals surface area contributed by atoms with Gasteiger partial charge in [0.15, 0.2) is 0 Å². The summed E-state index contributed by atoms with van der Waals surface area (Å²) in [6, 6.07) is 4.35. The molecule has 4 nitrogen and oxygen atoms in total. The summed E-state index contributed by atoms with van der Waals surface area (Å²) in [6.45, 7) is 5.24. The van der Waals surface area contributed by atoms with Gasteiger partial charge in [-0.3, -0.25) is 4.90 Å². The Bertz CT molecular complexity index is 378. The number of aliphatic hydroxyl groups excluding tert-OH is 1. The Hall–Kier alpha value is -0.840. The maximum Gasteiger partial charge on any atom is 0.122 e. The number of hydrogen-bond acceptors (Lipinski definition) is 4. The van der Waals surface area contributed by atoms with Crippen LogP contribution in [0, 0.1) is 6.92 Å². The molecule has 0 aliphatic carbocycles. The molecule has 18 heavy (non-hydrogen) atoms. The predicted molar refractivity (Wildman–Crippen MR) is 71.3 cm³/mol. The second-order valence-corrected chi connectivity index (χ2v) is 5.18. The van der Waals surface area contributed by atoms with E-state index < -0.39 is 0 Å². The van der Waals surface area contributed by atoms with Gasteiger partial charge in [-0.1, -0.05) is 6.92 Å². The minimum atomic E-state index is 0.0442. The Balaban J connectivity index is 2.25. The quantitative estimate of drug-likeness (QED) is 0.839. The van der Waals surface area contributed by atoms with Crippen molar-refractivity contribution in [3.63, 3.8) is 0 Å². The summed E-state index contributed by atoms with van der Waals surface area (Å²) in [7, 11) is 0. The standard InChI is InChI=1S/C14H24N2O2/c1-3-12(15)14(13-7-6-10(2)18-13)16-8-4-5-11(16)9-17/h6-7,11-12,14,17H,3-5,8-9,15H2,1-2H3. The van der Waals surface area contributed by atoms with Crippen LogP contribution in [0.1, 0.15) is 43.7 Å². The monoisotopic (exact) mass is 252 g/mol. The highest BCUT2D eigenvalue weighted by molar-refractivity contribution is 5.13. The molecule has 0 spiro atoms. The Morgan fingerprint density at radius 2 is 2.33 bits per heavy atom. The zero-order valence-electron chi connectivity index (χ0n) is 11.3. The number of aliphatic hydroxyl groups is 1. The van der Waals surface area contributed by atoms with Gasteiger partial charge in [0.25, 0.3) is 0 Å². The second kappa shape index (κ2) is 5.87. The highest BCUT2D eigenvalue weighted by atomic mass is 16.3. The van der Waals surface area contributed by atoms with Crippen molar-refractivity contribution < 1.29 is 9.52 Å². The van der Waals surface area contributed by atoms with Gasteiger partial charge in [-0.2, -0.15) is 0 Å². The third kappa shape index (κ3) is 2.60. The first kappa shape index (κ1) is 13.6. The smallest absolute Gasteiger partial charge is 0.122 e. The van der Waals surface area contributed by atoms with Crippen molar-refractivity contribution in [3.05, 3.63) is 23.7 Å². The van der Waals surface area contributed by atoms with Crippen molar-refractivity contribution >= 4 is 0 Å². The molecule has 1 aliphatic heterocycles. The molecule has 3 unspecified atom stereocenters. The first-order valence-corrected chi connectivity index (χ1v) is 6.85. The van der Waals surface area contributed by atoms with Crippen LogP contribution in [0.3, 0.4) is 0 Å². The second-order valence-electron chi connectivity index (χ2n) is 5.18. The summed E-state index contributed by atoms with van der Waals surface area (Å²) in [4.78, 5) is 2.31. The van der Waals surface area contributed by atoms with Gasteiger partial charge in [-0.15, -0.1) is 0 Å². The van der Waals surface area contributed by atoms with Gasteiger partial charge < -0.3 is 15.3 Å². The lowest BCUT2D eigenvalue weighted by Gasteiger charge is -2.34. The Labute approximate surface area is 109 Å². The number of furan rings is 1. The summed E-state index contributed by atoms with van der Waals surface area (Å²) < 4.78 is 5.77. The highest BCUT2D eigenvalue weighted by Crippen LogP contribution is 2.33. The molecule has 102 valence electrons. The van der Waals surface area contributed by atoms with E-state index in [1.807, 2.05) is 19.1 Å². The van der Waals surface area contributed by atoms with E-state index in [1.54, 1.807) is 0 Å². The van der Waals surface area contributed by atoms with Crippen LogP contribution in [0.2, 0.25) is 0 Å². The fourth-order valence-electron chi connectivity index (χ4n) is 2.88. The van der Waals surface area contributed by atoms with E-state index in [4.69, 9.17) is 10.2 Å². The molecule has 1 fully saturated rings. The molecule has 1 aromatic rings. The maximum atomic E-state index is 9.48. The maximum absolute atomic E-state index is 9.48. The van der Waals surface area contributed by atoms with Crippen LogP contribution >= 0.6 is 0 Å². The number of aryl methyl sites for hydroxylation is 1. The van der Waals surface area contributed by atoms with Crippen LogP contribution in [-0.2, 0) is 0 Å². The first-order valence-electron chi connectivity index (χ1n) is 6.85. The van der Waals surface area contributed by atoms with Crippen molar-refractivity contribution in [2.75, 3.05) is 13.2 Å². The summed E-state index contributed by atoms with van der Waals surface area (Å²) in [6.07, 6.45) is 3.07. The molecule has 2 rings (SSSR count). The first-order chi connectivity index (χ1) is 8.67. The Kier molecular flexibility index (Phi) is 4.43. The van der Waals surface area contributed by atoms with Gasteiger partial charge in [0.1, 0.15) is 11.5 Å². The minimum absolute atomic E-state index is 0.0442. The summed E-state index contributed by atoms with van der Waals surface area (Å²) >= 11 is 0. The lowest BCUT2D eigenvalue weighted by molar-refractivity contribution is 0.0917. The molecule has 0 radical (unpaired) electrons. The number of hydrogen-bond donors (Lipinski definition) is 2. The SMILES string of the molecule is CCC(N)C(c1ccc(C)o1)N1CCCC1CO. The molecule has 3 N–H and O–H groups in total. The van der Waals surface area contributed by atoms with Crippen molar-refractivity contribution in [1.82, 2.24) is 4.90 Å². The van der Waals surface area contributed by atoms with E-state index in [-0.39, 0.29) is 24.7 Å².